The summed E-state index contributed by atoms with van der Waals surface area (Å²) in [6.45, 7) is 5.81. The van der Waals surface area contributed by atoms with E-state index >= 15 is 0 Å². The lowest BCUT2D eigenvalue weighted by atomic mass is 9.94. The van der Waals surface area contributed by atoms with Crippen LogP contribution in [0, 0.1) is 0 Å². The van der Waals surface area contributed by atoms with Crippen molar-refractivity contribution in [1.29, 1.82) is 0 Å². The van der Waals surface area contributed by atoms with E-state index in [-0.39, 0.29) is 23.8 Å². The molecule has 0 radical (unpaired) electrons. The molecule has 1 aliphatic rings. The smallest absolute Gasteiger partial charge is 0.230 e. The molecule has 0 bridgehead atoms. The van der Waals surface area contributed by atoms with Crippen LogP contribution in [-0.2, 0) is 16.0 Å². The van der Waals surface area contributed by atoms with Crippen LogP contribution in [0.25, 0.3) is 5.69 Å². The van der Waals surface area contributed by atoms with Gasteiger partial charge >= 0.3 is 0 Å². The highest BCUT2D eigenvalue weighted by Gasteiger charge is 2.33. The van der Waals surface area contributed by atoms with Gasteiger partial charge in [-0.2, -0.15) is 0 Å². The molecular formula is C35H41N5O3S. The molecule has 1 fully saturated rings. The SMILES string of the molecule is CCC(C(=O)N1CCN(C(=O)CCCSc2nnc(Cc3ccccc3)n2-c2ccc(OC)cc2)CC1C)c1ccccc1. The van der Waals surface area contributed by atoms with Gasteiger partial charge in [0.05, 0.1) is 13.0 Å². The minimum absolute atomic E-state index is 0.0154. The maximum atomic E-state index is 13.4. The van der Waals surface area contributed by atoms with E-state index in [0.717, 1.165) is 52.1 Å². The molecule has 44 heavy (non-hydrogen) atoms. The van der Waals surface area contributed by atoms with Crippen molar-refractivity contribution in [1.82, 2.24) is 24.6 Å². The Morgan fingerprint density at radius 3 is 2.32 bits per heavy atom. The highest BCUT2D eigenvalue weighted by Crippen LogP contribution is 2.27. The number of aromatic nitrogens is 3. The van der Waals surface area contributed by atoms with Gasteiger partial charge in [0.15, 0.2) is 5.16 Å². The van der Waals surface area contributed by atoms with Gasteiger partial charge in [0.25, 0.3) is 0 Å². The van der Waals surface area contributed by atoms with E-state index in [9.17, 15) is 9.59 Å². The number of piperazine rings is 1. The lowest BCUT2D eigenvalue weighted by molar-refractivity contribution is -0.143. The highest BCUT2D eigenvalue weighted by atomic mass is 32.2. The second-order valence-corrected chi connectivity index (χ2v) is 12.2. The molecule has 0 N–H and O–H groups in total. The van der Waals surface area contributed by atoms with Gasteiger partial charge in [-0.3, -0.25) is 14.2 Å². The van der Waals surface area contributed by atoms with Crippen molar-refractivity contribution in [2.24, 2.45) is 0 Å². The third-order valence-electron chi connectivity index (χ3n) is 8.17. The van der Waals surface area contributed by atoms with E-state index in [1.807, 2.05) is 89.5 Å². The zero-order valence-electron chi connectivity index (χ0n) is 25.8. The number of benzene rings is 3. The molecule has 2 heterocycles. The largest absolute Gasteiger partial charge is 0.497 e. The predicted molar refractivity (Wildman–Crippen MR) is 174 cm³/mol. The molecule has 3 aromatic carbocycles. The van der Waals surface area contributed by atoms with Gasteiger partial charge in [-0.25, -0.2) is 0 Å². The van der Waals surface area contributed by atoms with Crippen LogP contribution in [0.4, 0.5) is 0 Å². The summed E-state index contributed by atoms with van der Waals surface area (Å²) in [5.41, 5.74) is 3.19. The van der Waals surface area contributed by atoms with Gasteiger partial charge in [-0.05, 0) is 55.2 Å². The number of hydrogen-bond donors (Lipinski definition) is 0. The van der Waals surface area contributed by atoms with Gasteiger partial charge in [0.2, 0.25) is 11.8 Å². The minimum Gasteiger partial charge on any atom is -0.497 e. The number of rotatable bonds is 12. The number of thioether (sulfide) groups is 1. The minimum atomic E-state index is -0.147. The molecule has 4 aromatic rings. The first-order valence-corrected chi connectivity index (χ1v) is 16.4. The monoisotopic (exact) mass is 611 g/mol. The summed E-state index contributed by atoms with van der Waals surface area (Å²) in [5, 5.41) is 9.87. The molecule has 1 aliphatic heterocycles. The normalized spacial score (nSPS) is 15.7. The van der Waals surface area contributed by atoms with Gasteiger partial charge in [-0.15, -0.1) is 10.2 Å². The zero-order chi connectivity index (χ0) is 30.9. The summed E-state index contributed by atoms with van der Waals surface area (Å²) in [6, 6.07) is 28.1. The molecule has 5 rings (SSSR count). The molecule has 1 saturated heterocycles. The quantitative estimate of drug-likeness (QED) is 0.145. The average Bonchev–Trinajstić information content (AvgIpc) is 3.46. The Bertz CT molecular complexity index is 1510. The molecule has 0 saturated carbocycles. The first-order chi connectivity index (χ1) is 21.5. The summed E-state index contributed by atoms with van der Waals surface area (Å²) in [6.07, 6.45) is 2.61. The Morgan fingerprint density at radius 1 is 0.955 bits per heavy atom. The van der Waals surface area contributed by atoms with E-state index in [4.69, 9.17) is 4.74 Å². The molecule has 0 aliphatic carbocycles. The highest BCUT2D eigenvalue weighted by molar-refractivity contribution is 7.99. The molecular weight excluding hydrogens is 570 g/mol. The Hall–Kier alpha value is -4.11. The van der Waals surface area contributed by atoms with Crippen molar-refractivity contribution in [3.8, 4) is 11.4 Å². The van der Waals surface area contributed by atoms with Crippen LogP contribution in [0.2, 0.25) is 0 Å². The van der Waals surface area contributed by atoms with Crippen LogP contribution in [0.3, 0.4) is 0 Å². The van der Waals surface area contributed by atoms with Gasteiger partial charge in [0, 0.05) is 50.0 Å². The number of nitrogens with zero attached hydrogens (tertiary/aromatic N) is 5. The standard InChI is InChI=1S/C35H41N5O3S/c1-4-31(28-14-9-6-10-15-28)34(42)39-22-21-38(25-26(39)2)33(41)16-11-23-44-35-37-36-32(24-27-12-7-5-8-13-27)40(35)29-17-19-30(43-3)20-18-29/h5-10,12-15,17-20,26,31H,4,11,16,21-25H2,1-3H3. The van der Waals surface area contributed by atoms with E-state index in [0.29, 0.717) is 32.5 Å². The molecule has 0 spiro atoms. The van der Waals surface area contributed by atoms with Crippen LogP contribution in [0.5, 0.6) is 5.75 Å². The number of carbonyl (C=O) groups is 2. The van der Waals surface area contributed by atoms with Crippen LogP contribution in [-0.4, -0.2) is 74.9 Å². The maximum Gasteiger partial charge on any atom is 0.230 e. The fraction of sp³-hybridized carbons (Fsp3) is 0.371. The fourth-order valence-electron chi connectivity index (χ4n) is 5.77. The molecule has 2 amide bonds. The van der Waals surface area contributed by atoms with E-state index in [1.165, 1.54) is 0 Å². The number of carbonyl (C=O) groups excluding carboxylic acids is 2. The van der Waals surface area contributed by atoms with Crippen molar-refractivity contribution in [3.63, 3.8) is 0 Å². The second kappa shape index (κ2) is 15.1. The lowest BCUT2D eigenvalue weighted by Gasteiger charge is -2.41. The van der Waals surface area contributed by atoms with E-state index < -0.39 is 0 Å². The fourth-order valence-corrected chi connectivity index (χ4v) is 6.68. The van der Waals surface area contributed by atoms with Crippen molar-refractivity contribution in [3.05, 3.63) is 102 Å². The van der Waals surface area contributed by atoms with Crippen molar-refractivity contribution in [2.75, 3.05) is 32.5 Å². The van der Waals surface area contributed by atoms with Crippen LogP contribution >= 0.6 is 11.8 Å². The van der Waals surface area contributed by atoms with Gasteiger partial charge < -0.3 is 14.5 Å². The molecule has 9 heteroatoms. The summed E-state index contributed by atoms with van der Waals surface area (Å²) >= 11 is 1.61. The zero-order valence-corrected chi connectivity index (χ0v) is 26.6. The molecule has 8 nitrogen and oxygen atoms in total. The maximum absolute atomic E-state index is 13.4. The third-order valence-corrected chi connectivity index (χ3v) is 9.19. The average molecular weight is 612 g/mol. The van der Waals surface area contributed by atoms with Crippen LogP contribution in [0.15, 0.2) is 90.1 Å². The Balaban J connectivity index is 1.16. The summed E-state index contributed by atoms with van der Waals surface area (Å²) in [7, 11) is 1.66. The third kappa shape index (κ3) is 7.50. The Morgan fingerprint density at radius 2 is 1.66 bits per heavy atom. The van der Waals surface area contributed by atoms with Crippen molar-refractivity contribution in [2.45, 2.75) is 56.6 Å². The molecule has 2 atom stereocenters. The summed E-state index contributed by atoms with van der Waals surface area (Å²) in [5.74, 6) is 2.54. The number of hydrogen-bond acceptors (Lipinski definition) is 6. The van der Waals surface area contributed by atoms with Gasteiger partial charge in [-0.1, -0.05) is 79.3 Å². The number of amides is 2. The van der Waals surface area contributed by atoms with Gasteiger partial charge in [0.1, 0.15) is 11.6 Å². The molecule has 1 aromatic heterocycles. The number of ether oxygens (including phenoxy) is 1. The Kier molecular flexibility index (Phi) is 10.7. The first-order valence-electron chi connectivity index (χ1n) is 15.4. The lowest BCUT2D eigenvalue weighted by Crippen LogP contribution is -2.56. The topological polar surface area (TPSA) is 80.6 Å². The second-order valence-electron chi connectivity index (χ2n) is 11.1. The molecule has 230 valence electrons. The Labute approximate surface area is 264 Å². The van der Waals surface area contributed by atoms with Crippen LogP contribution in [0.1, 0.15) is 56.0 Å². The van der Waals surface area contributed by atoms with Crippen LogP contribution < -0.4 is 4.74 Å². The first kappa shape index (κ1) is 31.3. The predicted octanol–water partition coefficient (Wildman–Crippen LogP) is 5.99. The van der Waals surface area contributed by atoms with E-state index in [2.05, 4.69) is 33.8 Å². The molecule has 2 unspecified atom stereocenters. The van der Waals surface area contributed by atoms with Crippen molar-refractivity contribution < 1.29 is 14.3 Å². The van der Waals surface area contributed by atoms with E-state index in [1.54, 1.807) is 18.9 Å². The summed E-state index contributed by atoms with van der Waals surface area (Å²) < 4.78 is 7.44. The van der Waals surface area contributed by atoms with Crippen molar-refractivity contribution >= 4 is 23.6 Å². The number of methoxy groups -OCH3 is 1. The summed E-state index contributed by atoms with van der Waals surface area (Å²) in [4.78, 5) is 30.5.